The summed E-state index contributed by atoms with van der Waals surface area (Å²) in [6, 6.07) is 1.27. The molecular formula is C22H29N5O5S. The third kappa shape index (κ3) is 4.14. The van der Waals surface area contributed by atoms with Gasteiger partial charge in [-0.05, 0) is 68.2 Å². The van der Waals surface area contributed by atoms with Crippen LogP contribution in [-0.4, -0.2) is 43.9 Å². The lowest BCUT2D eigenvalue weighted by atomic mass is 9.98. The number of aromatic nitrogens is 2. The molecule has 2 heterocycles. The van der Waals surface area contributed by atoms with Gasteiger partial charge in [-0.15, -0.1) is 4.36 Å². The molecule has 10 nitrogen and oxygen atoms in total. The van der Waals surface area contributed by atoms with Crippen LogP contribution in [0.3, 0.4) is 0 Å². The summed E-state index contributed by atoms with van der Waals surface area (Å²) in [5.74, 6) is 0.243. The second kappa shape index (κ2) is 8.39. The van der Waals surface area contributed by atoms with Gasteiger partial charge in [0.2, 0.25) is 5.88 Å². The number of carbonyl (C=O) groups is 1. The lowest BCUT2D eigenvalue weighted by Crippen LogP contribution is -2.35. The molecule has 4 N–H and O–H groups in total. The molecule has 11 heteroatoms. The zero-order valence-corrected chi connectivity index (χ0v) is 19.6. The SMILES string of the molecule is CC(C)OC1COc2c(S(N)(=O)=NC(=O)Nc3c4c(cc5c3CCC5O)CCC4)cnn2C1. The Balaban J connectivity index is 1.42. The maximum atomic E-state index is 13.2. The van der Waals surface area contributed by atoms with Crippen molar-refractivity contribution in [3.63, 3.8) is 0 Å². The Morgan fingerprint density at radius 2 is 2.21 bits per heavy atom. The molecule has 0 spiro atoms. The minimum absolute atomic E-state index is 0.0367. The van der Waals surface area contributed by atoms with Gasteiger partial charge in [0.25, 0.3) is 0 Å². The van der Waals surface area contributed by atoms with E-state index in [9.17, 15) is 14.1 Å². The lowest BCUT2D eigenvalue weighted by molar-refractivity contribution is -0.0444. The van der Waals surface area contributed by atoms with Crippen molar-refractivity contribution in [2.24, 2.45) is 9.50 Å². The fourth-order valence-electron chi connectivity index (χ4n) is 4.99. The van der Waals surface area contributed by atoms with Crippen molar-refractivity contribution in [3.8, 4) is 5.88 Å². The summed E-state index contributed by atoms with van der Waals surface area (Å²) in [5.41, 5.74) is 4.67. The average molecular weight is 476 g/mol. The van der Waals surface area contributed by atoms with Crippen LogP contribution in [0.5, 0.6) is 5.88 Å². The van der Waals surface area contributed by atoms with Crippen LogP contribution in [0.1, 0.15) is 55.0 Å². The molecule has 0 saturated carbocycles. The number of urea groups is 1. The number of ether oxygens (including phenoxy) is 2. The van der Waals surface area contributed by atoms with E-state index in [1.165, 1.54) is 10.9 Å². The Labute approximate surface area is 192 Å². The first kappa shape index (κ1) is 22.3. The molecule has 2 aliphatic carbocycles. The van der Waals surface area contributed by atoms with Gasteiger partial charge in [0.1, 0.15) is 17.6 Å². The van der Waals surface area contributed by atoms with Crippen molar-refractivity contribution in [2.45, 2.75) is 75.7 Å². The Kier molecular flexibility index (Phi) is 5.68. The first-order chi connectivity index (χ1) is 15.7. The summed E-state index contributed by atoms with van der Waals surface area (Å²) in [7, 11) is -3.59. The number of nitrogens with two attached hydrogens (primary N) is 1. The topological polar surface area (TPSA) is 141 Å². The van der Waals surface area contributed by atoms with E-state index in [0.717, 1.165) is 41.5 Å². The molecule has 0 radical (unpaired) electrons. The summed E-state index contributed by atoms with van der Waals surface area (Å²) in [6.07, 6.45) is 4.68. The predicted octanol–water partition coefficient (Wildman–Crippen LogP) is 2.47. The molecule has 0 saturated heterocycles. The van der Waals surface area contributed by atoms with Gasteiger partial charge in [0, 0.05) is 5.69 Å². The molecule has 1 aromatic carbocycles. The van der Waals surface area contributed by atoms with Crippen molar-refractivity contribution in [1.29, 1.82) is 0 Å². The minimum atomic E-state index is -3.59. The third-order valence-corrected chi connectivity index (χ3v) is 7.69. The van der Waals surface area contributed by atoms with E-state index in [1.807, 2.05) is 13.8 Å². The molecule has 3 unspecified atom stereocenters. The van der Waals surface area contributed by atoms with E-state index < -0.39 is 22.1 Å². The molecule has 5 rings (SSSR count). The quantitative estimate of drug-likeness (QED) is 0.620. The molecular weight excluding hydrogens is 446 g/mol. The van der Waals surface area contributed by atoms with Gasteiger partial charge >= 0.3 is 6.03 Å². The summed E-state index contributed by atoms with van der Waals surface area (Å²) >= 11 is 0. The van der Waals surface area contributed by atoms with E-state index >= 15 is 0 Å². The summed E-state index contributed by atoms with van der Waals surface area (Å²) < 4.78 is 30.1. The predicted molar refractivity (Wildman–Crippen MR) is 122 cm³/mol. The number of hydrogen-bond acceptors (Lipinski definition) is 6. The van der Waals surface area contributed by atoms with Crippen LogP contribution in [0, 0.1) is 0 Å². The van der Waals surface area contributed by atoms with E-state index in [4.69, 9.17) is 14.6 Å². The highest BCUT2D eigenvalue weighted by atomic mass is 32.2. The maximum absolute atomic E-state index is 13.2. The van der Waals surface area contributed by atoms with Crippen LogP contribution in [0.15, 0.2) is 21.5 Å². The van der Waals surface area contributed by atoms with Crippen molar-refractivity contribution in [2.75, 3.05) is 11.9 Å². The fraction of sp³-hybridized carbons (Fsp3) is 0.545. The Bertz CT molecular complexity index is 1230. The molecule has 3 atom stereocenters. The number of nitrogens with zero attached hydrogens (tertiary/aromatic N) is 3. The third-order valence-electron chi connectivity index (χ3n) is 6.34. The number of benzene rings is 1. The molecule has 33 heavy (non-hydrogen) atoms. The van der Waals surface area contributed by atoms with E-state index in [2.05, 4.69) is 20.8 Å². The van der Waals surface area contributed by atoms with Gasteiger partial charge in [0.05, 0.1) is 24.9 Å². The summed E-state index contributed by atoms with van der Waals surface area (Å²) in [5, 5.41) is 23.4. The largest absolute Gasteiger partial charge is 0.474 e. The Morgan fingerprint density at radius 3 is 3.00 bits per heavy atom. The normalized spacial score (nSPS) is 22.8. The zero-order chi connectivity index (χ0) is 23.3. The smallest absolute Gasteiger partial charge is 0.354 e. The Hall–Kier alpha value is -2.47. The number of amides is 2. The number of nitrogens with one attached hydrogen (secondary N) is 1. The van der Waals surface area contributed by atoms with Crippen LogP contribution in [-0.2, 0) is 40.5 Å². The van der Waals surface area contributed by atoms with Gasteiger partial charge in [-0.25, -0.2) is 18.8 Å². The van der Waals surface area contributed by atoms with Gasteiger partial charge in [0.15, 0.2) is 9.92 Å². The van der Waals surface area contributed by atoms with Crippen LogP contribution in [0.25, 0.3) is 0 Å². The van der Waals surface area contributed by atoms with Crippen molar-refractivity contribution in [1.82, 2.24) is 9.78 Å². The van der Waals surface area contributed by atoms with Crippen molar-refractivity contribution >= 4 is 21.6 Å². The fourth-order valence-corrected chi connectivity index (χ4v) is 5.99. The van der Waals surface area contributed by atoms with E-state index in [1.54, 1.807) is 0 Å². The van der Waals surface area contributed by atoms with Crippen LogP contribution in [0.2, 0.25) is 0 Å². The summed E-state index contributed by atoms with van der Waals surface area (Å²) in [4.78, 5) is 12.9. The van der Waals surface area contributed by atoms with Crippen molar-refractivity contribution < 1.29 is 23.6 Å². The number of fused-ring (bicyclic) bond motifs is 3. The molecule has 1 aliphatic heterocycles. The highest BCUT2D eigenvalue weighted by Gasteiger charge is 2.31. The maximum Gasteiger partial charge on any atom is 0.354 e. The van der Waals surface area contributed by atoms with Crippen LogP contribution < -0.4 is 15.2 Å². The number of carbonyl (C=O) groups excluding carboxylic acids is 1. The van der Waals surface area contributed by atoms with Gasteiger partial charge < -0.3 is 19.9 Å². The first-order valence-corrected chi connectivity index (χ1v) is 12.9. The monoisotopic (exact) mass is 475 g/mol. The number of aliphatic hydroxyl groups is 1. The Morgan fingerprint density at radius 1 is 1.39 bits per heavy atom. The molecule has 0 bridgehead atoms. The molecule has 2 amide bonds. The second-order valence-corrected chi connectivity index (χ2v) is 10.8. The number of anilines is 1. The van der Waals surface area contributed by atoms with Gasteiger partial charge in [-0.3, -0.25) is 0 Å². The zero-order valence-electron chi connectivity index (χ0n) is 18.7. The van der Waals surface area contributed by atoms with Gasteiger partial charge in [-0.2, -0.15) is 5.10 Å². The molecule has 3 aliphatic rings. The molecule has 0 fully saturated rings. The highest BCUT2D eigenvalue weighted by Crippen LogP contribution is 2.42. The first-order valence-electron chi connectivity index (χ1n) is 11.3. The number of rotatable bonds is 4. The van der Waals surface area contributed by atoms with Gasteiger partial charge in [-0.1, -0.05) is 6.07 Å². The van der Waals surface area contributed by atoms with E-state index in [-0.39, 0.29) is 29.6 Å². The van der Waals surface area contributed by atoms with E-state index in [0.29, 0.717) is 25.1 Å². The number of aryl methyl sites for hydroxylation is 1. The van der Waals surface area contributed by atoms with Crippen LogP contribution >= 0.6 is 0 Å². The standard InChI is InChI=1S/C22H29N5O5S/c1-12(2)32-14-10-27-21(31-11-14)19(9-24-27)33(23,30)26-22(29)25-20-15-5-3-4-13(15)8-17-16(20)6-7-18(17)28/h8-9,12,14,18,28H,3-7,10-11H2,1-2H3,(H3,23,25,26,29,30). The molecule has 178 valence electrons. The summed E-state index contributed by atoms with van der Waals surface area (Å²) in [6.45, 7) is 4.57. The average Bonchev–Trinajstić information content (AvgIpc) is 3.46. The highest BCUT2D eigenvalue weighted by molar-refractivity contribution is 7.91. The van der Waals surface area contributed by atoms with Crippen molar-refractivity contribution in [3.05, 3.63) is 34.5 Å². The molecule has 2 aromatic rings. The number of hydrogen-bond donors (Lipinski definition) is 3. The minimum Gasteiger partial charge on any atom is -0.474 e. The number of aliphatic hydroxyl groups excluding tert-OH is 1. The van der Waals surface area contributed by atoms with Crippen LogP contribution in [0.4, 0.5) is 10.5 Å². The second-order valence-electron chi connectivity index (χ2n) is 9.07. The lowest BCUT2D eigenvalue weighted by Gasteiger charge is -2.26. The molecule has 1 aromatic heterocycles.